The highest BCUT2D eigenvalue weighted by atomic mass is 79.9. The van der Waals surface area contributed by atoms with E-state index in [4.69, 9.17) is 23.2 Å². The van der Waals surface area contributed by atoms with E-state index in [1.807, 2.05) is 0 Å². The van der Waals surface area contributed by atoms with Crippen LogP contribution in [0.1, 0.15) is 23.6 Å². The van der Waals surface area contributed by atoms with Crippen molar-refractivity contribution in [2.75, 3.05) is 0 Å². The Labute approximate surface area is 159 Å². The summed E-state index contributed by atoms with van der Waals surface area (Å²) in [5.74, 6) is -0.491. The lowest BCUT2D eigenvalue weighted by atomic mass is 9.77. The molecule has 1 aliphatic rings. The number of nitrogens with zero attached hydrogens (tertiary/aromatic N) is 1. The van der Waals surface area contributed by atoms with Crippen LogP contribution in [-0.4, -0.2) is 12.4 Å². The van der Waals surface area contributed by atoms with Gasteiger partial charge in [-0.15, -0.1) is 0 Å². The molecular weight excluding hydrogens is 445 g/mol. The number of benzene rings is 2. The SMILES string of the molecule is Fc1ccc(C2CC(c3cc(Cl)cc(Cl)c3)(C(F)(F)F)C=N2)cc1Br. The quantitative estimate of drug-likeness (QED) is 0.437. The van der Waals surface area contributed by atoms with Crippen molar-refractivity contribution in [2.24, 2.45) is 4.99 Å². The average molecular weight is 455 g/mol. The molecule has 2 aromatic rings. The summed E-state index contributed by atoms with van der Waals surface area (Å²) in [6.45, 7) is 0. The van der Waals surface area contributed by atoms with E-state index in [-0.39, 0.29) is 26.5 Å². The summed E-state index contributed by atoms with van der Waals surface area (Å²) >= 11 is 14.8. The zero-order valence-electron chi connectivity index (χ0n) is 12.4. The molecule has 1 nitrogen and oxygen atoms in total. The second-order valence-corrected chi connectivity index (χ2v) is 7.53. The summed E-state index contributed by atoms with van der Waals surface area (Å²) in [4.78, 5) is 4.06. The van der Waals surface area contributed by atoms with E-state index in [0.29, 0.717) is 5.56 Å². The average Bonchev–Trinajstić information content (AvgIpc) is 2.95. The highest BCUT2D eigenvalue weighted by Gasteiger charge is 2.58. The molecule has 8 heteroatoms. The van der Waals surface area contributed by atoms with Gasteiger partial charge in [-0.25, -0.2) is 4.39 Å². The molecule has 0 amide bonds. The first-order valence-corrected chi connectivity index (χ1v) is 8.70. The second-order valence-electron chi connectivity index (χ2n) is 5.80. The van der Waals surface area contributed by atoms with Crippen molar-refractivity contribution in [2.45, 2.75) is 24.1 Å². The maximum absolute atomic E-state index is 14.0. The van der Waals surface area contributed by atoms with Gasteiger partial charge in [0.1, 0.15) is 11.2 Å². The monoisotopic (exact) mass is 453 g/mol. The molecule has 0 N–H and O–H groups in total. The summed E-state index contributed by atoms with van der Waals surface area (Å²) in [6.07, 6.45) is -4.03. The van der Waals surface area contributed by atoms with Crippen LogP contribution in [0.4, 0.5) is 17.6 Å². The first-order valence-electron chi connectivity index (χ1n) is 7.15. The molecule has 2 unspecified atom stereocenters. The van der Waals surface area contributed by atoms with E-state index < -0.39 is 23.5 Å². The third kappa shape index (κ3) is 3.44. The zero-order valence-corrected chi connectivity index (χ0v) is 15.5. The summed E-state index contributed by atoms with van der Waals surface area (Å²) in [5.41, 5.74) is -1.87. The molecule has 2 atom stereocenters. The van der Waals surface area contributed by atoms with Gasteiger partial charge in [-0.1, -0.05) is 29.3 Å². The molecule has 0 bridgehead atoms. The van der Waals surface area contributed by atoms with E-state index in [1.54, 1.807) is 0 Å². The fourth-order valence-electron chi connectivity index (χ4n) is 2.91. The van der Waals surface area contributed by atoms with Crippen LogP contribution < -0.4 is 0 Å². The van der Waals surface area contributed by atoms with Gasteiger partial charge in [0.25, 0.3) is 0 Å². The molecule has 25 heavy (non-hydrogen) atoms. The fourth-order valence-corrected chi connectivity index (χ4v) is 3.83. The Kier molecular flexibility index (Phi) is 4.90. The van der Waals surface area contributed by atoms with Crippen molar-refractivity contribution in [3.05, 3.63) is 67.9 Å². The number of alkyl halides is 3. The number of hydrogen-bond donors (Lipinski definition) is 0. The minimum atomic E-state index is -4.59. The van der Waals surface area contributed by atoms with Crippen molar-refractivity contribution in [1.82, 2.24) is 0 Å². The summed E-state index contributed by atoms with van der Waals surface area (Å²) in [6, 6.07) is 7.17. The highest BCUT2D eigenvalue weighted by molar-refractivity contribution is 9.10. The molecule has 0 radical (unpaired) electrons. The standard InChI is InChI=1S/C17H10BrCl2F4N/c18-13-3-9(1-2-14(13)21)15-7-16(8-25-15,17(22,23)24)10-4-11(19)6-12(20)5-10/h1-6,8,15H,7H2. The lowest BCUT2D eigenvalue weighted by Gasteiger charge is -2.30. The smallest absolute Gasteiger partial charge is 0.288 e. The molecule has 3 rings (SSSR count). The van der Waals surface area contributed by atoms with Crippen molar-refractivity contribution >= 4 is 45.3 Å². The molecule has 132 valence electrons. The second kappa shape index (κ2) is 6.56. The minimum Gasteiger partial charge on any atom is -0.288 e. The third-order valence-electron chi connectivity index (χ3n) is 4.20. The Bertz CT molecular complexity index is 833. The van der Waals surface area contributed by atoms with Crippen LogP contribution in [0, 0.1) is 5.82 Å². The van der Waals surface area contributed by atoms with E-state index >= 15 is 0 Å². The normalized spacial score (nSPS) is 23.2. The van der Waals surface area contributed by atoms with Gasteiger partial charge in [-0.3, -0.25) is 4.99 Å². The van der Waals surface area contributed by atoms with Gasteiger partial charge in [-0.05, 0) is 63.8 Å². The Morgan fingerprint density at radius 3 is 2.28 bits per heavy atom. The van der Waals surface area contributed by atoms with Gasteiger partial charge in [0.15, 0.2) is 0 Å². The van der Waals surface area contributed by atoms with Crippen LogP contribution in [0.2, 0.25) is 10.0 Å². The fraction of sp³-hybridized carbons (Fsp3) is 0.235. The molecule has 0 saturated carbocycles. The number of hydrogen-bond acceptors (Lipinski definition) is 1. The first-order chi connectivity index (χ1) is 11.6. The minimum absolute atomic E-state index is 0.0649. The van der Waals surface area contributed by atoms with Gasteiger partial charge < -0.3 is 0 Å². The molecule has 0 spiro atoms. The number of rotatable bonds is 2. The van der Waals surface area contributed by atoms with Crippen LogP contribution in [0.3, 0.4) is 0 Å². The number of halogens is 7. The summed E-state index contributed by atoms with van der Waals surface area (Å²) in [5, 5.41) is 0.236. The predicted octanol–water partition coefficient (Wildman–Crippen LogP) is 6.91. The summed E-state index contributed by atoms with van der Waals surface area (Å²) < 4.78 is 55.4. The van der Waals surface area contributed by atoms with Crippen LogP contribution in [0.15, 0.2) is 45.9 Å². The molecule has 2 aromatic carbocycles. The Hall–Kier alpha value is -1.11. The molecule has 0 aromatic heterocycles. The third-order valence-corrected chi connectivity index (χ3v) is 5.25. The van der Waals surface area contributed by atoms with Crippen molar-refractivity contribution < 1.29 is 17.6 Å². The Morgan fingerprint density at radius 2 is 1.72 bits per heavy atom. The molecule has 0 fully saturated rings. The van der Waals surface area contributed by atoms with Gasteiger partial charge in [0, 0.05) is 16.3 Å². The zero-order chi connectivity index (χ0) is 18.4. The Balaban J connectivity index is 2.05. The van der Waals surface area contributed by atoms with Gasteiger partial charge in [0.2, 0.25) is 0 Å². The number of aliphatic imine (C=N–C) groups is 1. The van der Waals surface area contributed by atoms with Crippen LogP contribution in [0.25, 0.3) is 0 Å². The highest BCUT2D eigenvalue weighted by Crippen LogP contribution is 2.51. The molecule has 1 aliphatic heterocycles. The lowest BCUT2D eigenvalue weighted by Crippen LogP contribution is -2.42. The van der Waals surface area contributed by atoms with E-state index in [2.05, 4.69) is 20.9 Å². The van der Waals surface area contributed by atoms with Crippen molar-refractivity contribution in [3.63, 3.8) is 0 Å². The van der Waals surface area contributed by atoms with Crippen LogP contribution in [0.5, 0.6) is 0 Å². The predicted molar refractivity (Wildman–Crippen MR) is 94.1 cm³/mol. The molecule has 0 aliphatic carbocycles. The largest absolute Gasteiger partial charge is 0.403 e. The van der Waals surface area contributed by atoms with Crippen LogP contribution in [-0.2, 0) is 5.41 Å². The van der Waals surface area contributed by atoms with E-state index in [1.165, 1.54) is 36.4 Å². The van der Waals surface area contributed by atoms with E-state index in [9.17, 15) is 17.6 Å². The van der Waals surface area contributed by atoms with Crippen LogP contribution >= 0.6 is 39.1 Å². The lowest BCUT2D eigenvalue weighted by molar-refractivity contribution is -0.168. The van der Waals surface area contributed by atoms with Gasteiger partial charge >= 0.3 is 6.18 Å². The molecule has 0 saturated heterocycles. The first kappa shape index (κ1) is 18.7. The maximum Gasteiger partial charge on any atom is 0.403 e. The maximum atomic E-state index is 14.0. The molecule has 1 heterocycles. The Morgan fingerprint density at radius 1 is 1.08 bits per heavy atom. The van der Waals surface area contributed by atoms with Crippen molar-refractivity contribution in [3.8, 4) is 0 Å². The van der Waals surface area contributed by atoms with Crippen molar-refractivity contribution in [1.29, 1.82) is 0 Å². The van der Waals surface area contributed by atoms with E-state index in [0.717, 1.165) is 6.21 Å². The van der Waals surface area contributed by atoms with Gasteiger partial charge in [0.05, 0.1) is 10.5 Å². The topological polar surface area (TPSA) is 12.4 Å². The molecular formula is C17H10BrCl2F4N. The summed E-state index contributed by atoms with van der Waals surface area (Å²) in [7, 11) is 0. The van der Waals surface area contributed by atoms with Gasteiger partial charge in [-0.2, -0.15) is 13.2 Å².